The number of rotatable bonds is 4. The number of ether oxygens (including phenoxy) is 1. The van der Waals surface area contributed by atoms with E-state index in [4.69, 9.17) is 22.1 Å². The van der Waals surface area contributed by atoms with Crippen molar-refractivity contribution in [3.05, 3.63) is 38.9 Å². The van der Waals surface area contributed by atoms with Gasteiger partial charge < -0.3 is 10.5 Å². The predicted octanol–water partition coefficient (Wildman–Crippen LogP) is 2.69. The number of nitro benzene ring substituents is 1. The van der Waals surface area contributed by atoms with Gasteiger partial charge in [0, 0.05) is 28.8 Å². The molecule has 0 aromatic heterocycles. The SMILES string of the molecule is NC1(Cc2ccc(Cl)cc2[N+](=O)[O-])CCOC1C1CC1. The van der Waals surface area contributed by atoms with Crippen LogP contribution >= 0.6 is 11.6 Å². The van der Waals surface area contributed by atoms with Crippen LogP contribution in [0, 0.1) is 16.0 Å². The van der Waals surface area contributed by atoms with Crippen LogP contribution in [0.15, 0.2) is 18.2 Å². The summed E-state index contributed by atoms with van der Waals surface area (Å²) >= 11 is 5.84. The van der Waals surface area contributed by atoms with Gasteiger partial charge in [0.2, 0.25) is 0 Å². The van der Waals surface area contributed by atoms with Crippen molar-refractivity contribution in [3.8, 4) is 0 Å². The summed E-state index contributed by atoms with van der Waals surface area (Å²) in [5, 5.41) is 11.5. The van der Waals surface area contributed by atoms with Gasteiger partial charge in [-0.15, -0.1) is 0 Å². The second-order valence-corrected chi connectivity index (χ2v) is 6.26. The zero-order chi connectivity index (χ0) is 14.3. The minimum atomic E-state index is -0.500. The molecule has 3 rings (SSSR count). The molecule has 2 atom stereocenters. The highest BCUT2D eigenvalue weighted by atomic mass is 35.5. The number of nitrogens with two attached hydrogens (primary N) is 1. The molecule has 1 saturated carbocycles. The van der Waals surface area contributed by atoms with E-state index in [2.05, 4.69) is 0 Å². The molecule has 1 aromatic rings. The normalized spacial score (nSPS) is 29.6. The summed E-state index contributed by atoms with van der Waals surface area (Å²) in [5.41, 5.74) is 6.68. The number of halogens is 1. The summed E-state index contributed by atoms with van der Waals surface area (Å²) in [5.74, 6) is 0.522. The smallest absolute Gasteiger partial charge is 0.274 e. The Labute approximate surface area is 122 Å². The van der Waals surface area contributed by atoms with Crippen LogP contribution in [0.2, 0.25) is 5.02 Å². The first-order valence-electron chi connectivity index (χ1n) is 6.83. The van der Waals surface area contributed by atoms with E-state index in [1.165, 1.54) is 6.07 Å². The van der Waals surface area contributed by atoms with Gasteiger partial charge in [0.25, 0.3) is 5.69 Å². The highest BCUT2D eigenvalue weighted by molar-refractivity contribution is 6.30. The first-order valence-corrected chi connectivity index (χ1v) is 7.21. The van der Waals surface area contributed by atoms with Gasteiger partial charge >= 0.3 is 0 Å². The lowest BCUT2D eigenvalue weighted by molar-refractivity contribution is -0.385. The van der Waals surface area contributed by atoms with E-state index in [1.54, 1.807) is 12.1 Å². The Balaban J connectivity index is 1.88. The Morgan fingerprint density at radius 2 is 2.25 bits per heavy atom. The molecule has 6 heteroatoms. The molecule has 2 unspecified atom stereocenters. The summed E-state index contributed by atoms with van der Waals surface area (Å²) in [6.07, 6.45) is 3.52. The molecule has 2 N–H and O–H groups in total. The third kappa shape index (κ3) is 2.53. The number of hydrogen-bond acceptors (Lipinski definition) is 4. The van der Waals surface area contributed by atoms with Crippen LogP contribution in [-0.4, -0.2) is 23.2 Å². The van der Waals surface area contributed by atoms with Crippen LogP contribution < -0.4 is 5.73 Å². The van der Waals surface area contributed by atoms with Crippen LogP contribution in [0.4, 0.5) is 5.69 Å². The summed E-state index contributed by atoms with van der Waals surface area (Å²) in [6, 6.07) is 4.77. The van der Waals surface area contributed by atoms with Crippen LogP contribution in [0.3, 0.4) is 0 Å². The lowest BCUT2D eigenvalue weighted by Gasteiger charge is -2.30. The van der Waals surface area contributed by atoms with Gasteiger partial charge in [-0.3, -0.25) is 10.1 Å². The van der Waals surface area contributed by atoms with Crippen molar-refractivity contribution in [1.82, 2.24) is 0 Å². The Morgan fingerprint density at radius 1 is 1.50 bits per heavy atom. The number of nitrogens with zero attached hydrogens (tertiary/aromatic N) is 1. The molecule has 20 heavy (non-hydrogen) atoms. The fourth-order valence-electron chi connectivity index (χ4n) is 3.09. The molecule has 5 nitrogen and oxygen atoms in total. The molecule has 1 saturated heterocycles. The zero-order valence-corrected chi connectivity index (χ0v) is 11.8. The molecule has 1 aromatic carbocycles. The average Bonchev–Trinajstić information content (AvgIpc) is 3.15. The van der Waals surface area contributed by atoms with Crippen molar-refractivity contribution in [1.29, 1.82) is 0 Å². The van der Waals surface area contributed by atoms with Crippen LogP contribution in [-0.2, 0) is 11.2 Å². The minimum Gasteiger partial charge on any atom is -0.376 e. The molecule has 2 aliphatic rings. The van der Waals surface area contributed by atoms with Crippen LogP contribution in [0.1, 0.15) is 24.8 Å². The van der Waals surface area contributed by atoms with Crippen LogP contribution in [0.25, 0.3) is 0 Å². The second kappa shape index (κ2) is 4.98. The topological polar surface area (TPSA) is 78.4 Å². The first kappa shape index (κ1) is 13.8. The maximum absolute atomic E-state index is 11.2. The molecule has 0 spiro atoms. The Kier molecular flexibility index (Phi) is 3.44. The van der Waals surface area contributed by atoms with Crippen molar-refractivity contribution < 1.29 is 9.66 Å². The van der Waals surface area contributed by atoms with Gasteiger partial charge in [0.05, 0.1) is 11.0 Å². The Hall–Kier alpha value is -1.17. The standard InChI is InChI=1S/C14H17ClN2O3/c15-11-4-3-10(12(7-11)17(18)19)8-14(16)5-6-20-13(14)9-1-2-9/h3-4,7,9,13H,1-2,5-6,8,16H2. The molecular formula is C14H17ClN2O3. The molecule has 1 heterocycles. The van der Waals surface area contributed by atoms with Gasteiger partial charge in [0.1, 0.15) is 0 Å². The summed E-state index contributed by atoms with van der Waals surface area (Å²) in [4.78, 5) is 10.8. The molecule has 108 valence electrons. The summed E-state index contributed by atoms with van der Waals surface area (Å²) < 4.78 is 5.77. The van der Waals surface area contributed by atoms with E-state index in [1.807, 2.05) is 0 Å². The maximum Gasteiger partial charge on any atom is 0.274 e. The van der Waals surface area contributed by atoms with E-state index < -0.39 is 10.5 Å². The van der Waals surface area contributed by atoms with E-state index in [9.17, 15) is 10.1 Å². The largest absolute Gasteiger partial charge is 0.376 e. The van der Waals surface area contributed by atoms with Crippen molar-refractivity contribution in [2.75, 3.05) is 6.61 Å². The van der Waals surface area contributed by atoms with Crippen molar-refractivity contribution in [2.24, 2.45) is 11.7 Å². The number of hydrogen-bond donors (Lipinski definition) is 1. The molecule has 1 aliphatic carbocycles. The Morgan fingerprint density at radius 3 is 2.90 bits per heavy atom. The van der Waals surface area contributed by atoms with Crippen molar-refractivity contribution in [3.63, 3.8) is 0 Å². The fourth-order valence-corrected chi connectivity index (χ4v) is 3.25. The number of benzene rings is 1. The highest BCUT2D eigenvalue weighted by Crippen LogP contribution is 2.44. The molecule has 1 aliphatic heterocycles. The summed E-state index contributed by atoms with van der Waals surface area (Å²) in [7, 11) is 0. The summed E-state index contributed by atoms with van der Waals surface area (Å²) in [6.45, 7) is 0.638. The van der Waals surface area contributed by atoms with Crippen LogP contribution in [0.5, 0.6) is 0 Å². The lowest BCUT2D eigenvalue weighted by atomic mass is 9.83. The molecular weight excluding hydrogens is 280 g/mol. The van der Waals surface area contributed by atoms with E-state index in [0.29, 0.717) is 29.5 Å². The second-order valence-electron chi connectivity index (χ2n) is 5.82. The molecule has 0 amide bonds. The third-order valence-corrected chi connectivity index (χ3v) is 4.48. The van der Waals surface area contributed by atoms with E-state index >= 15 is 0 Å². The quantitative estimate of drug-likeness (QED) is 0.684. The monoisotopic (exact) mass is 296 g/mol. The molecule has 2 fully saturated rings. The number of nitro groups is 1. The van der Waals surface area contributed by atoms with Crippen molar-refractivity contribution in [2.45, 2.75) is 37.3 Å². The van der Waals surface area contributed by atoms with Gasteiger partial charge in [-0.25, -0.2) is 0 Å². The minimum absolute atomic E-state index is 0.0257. The van der Waals surface area contributed by atoms with E-state index in [-0.39, 0.29) is 11.8 Å². The third-order valence-electron chi connectivity index (χ3n) is 4.25. The molecule has 0 radical (unpaired) electrons. The maximum atomic E-state index is 11.2. The zero-order valence-electron chi connectivity index (χ0n) is 11.0. The fraction of sp³-hybridized carbons (Fsp3) is 0.571. The average molecular weight is 297 g/mol. The van der Waals surface area contributed by atoms with Crippen molar-refractivity contribution >= 4 is 17.3 Å². The van der Waals surface area contributed by atoms with Gasteiger partial charge in [-0.05, 0) is 37.7 Å². The van der Waals surface area contributed by atoms with Gasteiger partial charge in [0.15, 0.2) is 0 Å². The van der Waals surface area contributed by atoms with E-state index in [0.717, 1.165) is 19.3 Å². The molecule has 0 bridgehead atoms. The highest BCUT2D eigenvalue weighted by Gasteiger charge is 2.49. The Bertz CT molecular complexity index is 547. The van der Waals surface area contributed by atoms with Gasteiger partial charge in [-0.1, -0.05) is 17.7 Å². The predicted molar refractivity (Wildman–Crippen MR) is 75.8 cm³/mol. The van der Waals surface area contributed by atoms with Gasteiger partial charge in [-0.2, -0.15) is 0 Å². The first-order chi connectivity index (χ1) is 9.49. The lowest BCUT2D eigenvalue weighted by Crippen LogP contribution is -2.50.